The third kappa shape index (κ3) is 1.83. The van der Waals surface area contributed by atoms with E-state index in [-0.39, 0.29) is 39.7 Å². The Bertz CT molecular complexity index is 765. The second-order valence-electron chi connectivity index (χ2n) is 5.05. The molecule has 6 heteroatoms. The van der Waals surface area contributed by atoms with Gasteiger partial charge in [-0.05, 0) is 18.6 Å². The minimum absolute atomic E-state index is 0.00134. The molecular weight excluding hydrogens is 276 g/mol. The number of rotatable bonds is 1. The summed E-state index contributed by atoms with van der Waals surface area (Å²) in [4.78, 5) is 11.9. The van der Waals surface area contributed by atoms with Crippen LogP contribution in [0.3, 0.4) is 0 Å². The van der Waals surface area contributed by atoms with E-state index in [2.05, 4.69) is 0 Å². The maximum absolute atomic E-state index is 11.9. The van der Waals surface area contributed by atoms with Crippen LogP contribution < -0.4 is 4.74 Å². The van der Waals surface area contributed by atoms with E-state index in [0.717, 1.165) is 0 Å². The van der Waals surface area contributed by atoms with E-state index in [0.29, 0.717) is 12.0 Å². The van der Waals surface area contributed by atoms with Crippen molar-refractivity contribution in [2.45, 2.75) is 19.4 Å². The number of methoxy groups -OCH3 is 1. The molecule has 110 valence electrons. The van der Waals surface area contributed by atoms with Crippen molar-refractivity contribution in [1.82, 2.24) is 0 Å². The average molecular weight is 290 g/mol. The van der Waals surface area contributed by atoms with Crippen LogP contribution in [0.25, 0.3) is 10.8 Å². The molecule has 21 heavy (non-hydrogen) atoms. The van der Waals surface area contributed by atoms with E-state index in [1.807, 2.05) is 0 Å². The topological polar surface area (TPSA) is 96.2 Å². The summed E-state index contributed by atoms with van der Waals surface area (Å²) in [6.07, 6.45) is 0.102. The van der Waals surface area contributed by atoms with Crippen LogP contribution in [0.5, 0.6) is 23.0 Å². The maximum Gasteiger partial charge on any atom is 0.342 e. The van der Waals surface area contributed by atoms with Crippen LogP contribution in [0, 0.1) is 0 Å². The first-order valence-electron chi connectivity index (χ1n) is 6.42. The fourth-order valence-electron chi connectivity index (χ4n) is 2.70. The van der Waals surface area contributed by atoms with E-state index < -0.39 is 11.7 Å². The second-order valence-corrected chi connectivity index (χ2v) is 5.05. The highest BCUT2D eigenvalue weighted by molar-refractivity contribution is 6.07. The highest BCUT2D eigenvalue weighted by atomic mass is 16.5. The standard InChI is InChI=1S/C15H14O6/c1-6-3-7-4-8-12(14(18)11(7)15(19)21-6)9(16)5-10(20-2)13(8)17/h4-6,16-18H,3H2,1-2H3. The highest BCUT2D eigenvalue weighted by Gasteiger charge is 2.30. The molecule has 3 rings (SSSR count). The minimum Gasteiger partial charge on any atom is -0.507 e. The Balaban J connectivity index is 2.42. The van der Waals surface area contributed by atoms with Crippen molar-refractivity contribution in [3.05, 3.63) is 23.3 Å². The number of phenolic OH excluding ortho intramolecular Hbond substituents is 3. The third-order valence-corrected chi connectivity index (χ3v) is 3.63. The Morgan fingerprint density at radius 3 is 2.62 bits per heavy atom. The van der Waals surface area contributed by atoms with Gasteiger partial charge in [-0.3, -0.25) is 0 Å². The lowest BCUT2D eigenvalue weighted by molar-refractivity contribution is 0.0298. The van der Waals surface area contributed by atoms with Gasteiger partial charge in [-0.25, -0.2) is 4.79 Å². The molecule has 0 radical (unpaired) electrons. The SMILES string of the molecule is COc1cc(O)c2c(O)c3c(cc2c1O)CC(C)OC3=O. The van der Waals surface area contributed by atoms with Crippen molar-refractivity contribution >= 4 is 16.7 Å². The van der Waals surface area contributed by atoms with Gasteiger partial charge in [0.15, 0.2) is 11.5 Å². The smallest absolute Gasteiger partial charge is 0.342 e. The van der Waals surface area contributed by atoms with Crippen molar-refractivity contribution < 1.29 is 29.6 Å². The zero-order valence-electron chi connectivity index (χ0n) is 11.5. The van der Waals surface area contributed by atoms with Gasteiger partial charge >= 0.3 is 5.97 Å². The molecule has 0 spiro atoms. The zero-order chi connectivity index (χ0) is 15.3. The van der Waals surface area contributed by atoms with Gasteiger partial charge in [0.05, 0.1) is 12.5 Å². The van der Waals surface area contributed by atoms with Gasteiger partial charge in [-0.1, -0.05) is 0 Å². The van der Waals surface area contributed by atoms with Crippen LogP contribution in [-0.2, 0) is 11.2 Å². The second kappa shape index (κ2) is 4.44. The average Bonchev–Trinajstić information content (AvgIpc) is 2.41. The lowest BCUT2D eigenvalue weighted by Crippen LogP contribution is -2.25. The number of ether oxygens (including phenoxy) is 2. The quantitative estimate of drug-likeness (QED) is 0.549. The monoisotopic (exact) mass is 290 g/mol. The predicted molar refractivity (Wildman–Crippen MR) is 74.1 cm³/mol. The molecule has 2 aromatic rings. The Labute approximate surface area is 120 Å². The van der Waals surface area contributed by atoms with Crippen LogP contribution >= 0.6 is 0 Å². The summed E-state index contributed by atoms with van der Waals surface area (Å²) >= 11 is 0. The first kappa shape index (κ1) is 13.4. The fraction of sp³-hybridized carbons (Fsp3) is 0.267. The molecule has 1 aliphatic rings. The number of phenols is 3. The van der Waals surface area contributed by atoms with Crippen molar-refractivity contribution in [2.24, 2.45) is 0 Å². The van der Waals surface area contributed by atoms with E-state index in [4.69, 9.17) is 9.47 Å². The summed E-state index contributed by atoms with van der Waals surface area (Å²) in [5, 5.41) is 30.7. The van der Waals surface area contributed by atoms with E-state index in [1.54, 1.807) is 13.0 Å². The van der Waals surface area contributed by atoms with Gasteiger partial charge in [-0.2, -0.15) is 0 Å². The number of fused-ring (bicyclic) bond motifs is 2. The predicted octanol–water partition coefficient (Wildman–Crippen LogP) is 2.07. The van der Waals surface area contributed by atoms with Crippen molar-refractivity contribution in [1.29, 1.82) is 0 Å². The molecular formula is C15H14O6. The molecule has 6 nitrogen and oxygen atoms in total. The number of benzene rings is 2. The Hall–Kier alpha value is -2.63. The zero-order valence-corrected chi connectivity index (χ0v) is 11.5. The summed E-state index contributed by atoms with van der Waals surface area (Å²) in [5.41, 5.74) is 0.590. The number of carbonyl (C=O) groups is 1. The molecule has 0 bridgehead atoms. The Kier molecular flexibility index (Phi) is 2.83. The van der Waals surface area contributed by atoms with Crippen molar-refractivity contribution in [2.75, 3.05) is 7.11 Å². The summed E-state index contributed by atoms with van der Waals surface area (Å²) in [6.45, 7) is 1.74. The molecule has 3 N–H and O–H groups in total. The normalized spacial score (nSPS) is 17.4. The molecule has 2 aromatic carbocycles. The lowest BCUT2D eigenvalue weighted by Gasteiger charge is -2.23. The van der Waals surface area contributed by atoms with Crippen molar-refractivity contribution in [3.63, 3.8) is 0 Å². The van der Waals surface area contributed by atoms with E-state index in [1.165, 1.54) is 13.2 Å². The van der Waals surface area contributed by atoms with E-state index in [9.17, 15) is 20.1 Å². The van der Waals surface area contributed by atoms with Crippen LogP contribution in [0.2, 0.25) is 0 Å². The van der Waals surface area contributed by atoms with Crippen LogP contribution in [0.1, 0.15) is 22.8 Å². The number of esters is 1. The molecule has 0 saturated carbocycles. The summed E-state index contributed by atoms with van der Waals surface area (Å²) in [5.74, 6) is -1.43. The van der Waals surface area contributed by atoms with Gasteiger partial charge in [0, 0.05) is 17.9 Å². The van der Waals surface area contributed by atoms with Gasteiger partial charge in [0.25, 0.3) is 0 Å². The largest absolute Gasteiger partial charge is 0.507 e. The summed E-state index contributed by atoms with van der Waals surface area (Å²) in [7, 11) is 1.36. The number of aromatic hydroxyl groups is 3. The Morgan fingerprint density at radius 2 is 1.95 bits per heavy atom. The molecule has 1 unspecified atom stereocenters. The van der Waals surface area contributed by atoms with Crippen LogP contribution in [0.15, 0.2) is 12.1 Å². The lowest BCUT2D eigenvalue weighted by atomic mass is 9.93. The first-order chi connectivity index (χ1) is 9.93. The molecule has 0 fully saturated rings. The third-order valence-electron chi connectivity index (χ3n) is 3.63. The fourth-order valence-corrected chi connectivity index (χ4v) is 2.70. The van der Waals surface area contributed by atoms with Gasteiger partial charge in [0.1, 0.15) is 23.2 Å². The van der Waals surface area contributed by atoms with Gasteiger partial charge in [-0.15, -0.1) is 0 Å². The molecule has 0 saturated heterocycles. The molecule has 0 aliphatic carbocycles. The maximum atomic E-state index is 11.9. The van der Waals surface area contributed by atoms with E-state index >= 15 is 0 Å². The minimum atomic E-state index is -0.641. The number of carbonyl (C=O) groups excluding carboxylic acids is 1. The number of hydrogen-bond donors (Lipinski definition) is 3. The van der Waals surface area contributed by atoms with Gasteiger partial charge < -0.3 is 24.8 Å². The van der Waals surface area contributed by atoms with Crippen LogP contribution in [0.4, 0.5) is 0 Å². The number of cyclic esters (lactones) is 1. The highest BCUT2D eigenvalue weighted by Crippen LogP contribution is 2.47. The van der Waals surface area contributed by atoms with Gasteiger partial charge in [0.2, 0.25) is 0 Å². The molecule has 1 heterocycles. The molecule has 1 aliphatic heterocycles. The molecule has 0 aromatic heterocycles. The molecule has 0 amide bonds. The summed E-state index contributed by atoms with van der Waals surface area (Å²) < 4.78 is 10.1. The Morgan fingerprint density at radius 1 is 1.24 bits per heavy atom. The van der Waals surface area contributed by atoms with Crippen molar-refractivity contribution in [3.8, 4) is 23.0 Å². The van der Waals surface area contributed by atoms with Crippen LogP contribution in [-0.4, -0.2) is 34.5 Å². The molecule has 1 atom stereocenters. The first-order valence-corrected chi connectivity index (χ1v) is 6.42. The summed E-state index contributed by atoms with van der Waals surface area (Å²) in [6, 6.07) is 2.75. The number of hydrogen-bond acceptors (Lipinski definition) is 6.